The molecule has 2 atom stereocenters. The van der Waals surface area contributed by atoms with Crippen molar-refractivity contribution >= 4 is 38.3 Å². The minimum absolute atomic E-state index is 0.0347. The summed E-state index contributed by atoms with van der Waals surface area (Å²) in [5, 5.41) is 0.587. The number of aromatic nitrogens is 2. The van der Waals surface area contributed by atoms with Gasteiger partial charge >= 0.3 is 0 Å². The van der Waals surface area contributed by atoms with Gasteiger partial charge in [0.05, 0.1) is 27.4 Å². The van der Waals surface area contributed by atoms with Crippen LogP contribution in [-0.4, -0.2) is 56.6 Å². The molecule has 4 aromatic carbocycles. The molecule has 0 unspecified atom stereocenters. The molecule has 0 spiro atoms. The Balaban J connectivity index is 1.24. The second-order valence-electron chi connectivity index (χ2n) is 11.5. The van der Waals surface area contributed by atoms with Crippen molar-refractivity contribution in [3.05, 3.63) is 125 Å². The lowest BCUT2D eigenvalue weighted by atomic mass is 9.89. The van der Waals surface area contributed by atoms with E-state index in [1.807, 2.05) is 42.5 Å². The van der Waals surface area contributed by atoms with Gasteiger partial charge in [0.1, 0.15) is 28.5 Å². The molecule has 1 aliphatic rings. The number of ether oxygens (including phenoxy) is 3. The van der Waals surface area contributed by atoms with Crippen molar-refractivity contribution in [2.24, 2.45) is 5.92 Å². The van der Waals surface area contributed by atoms with E-state index in [-0.39, 0.29) is 35.9 Å². The van der Waals surface area contributed by atoms with Crippen LogP contribution < -0.4 is 18.5 Å². The van der Waals surface area contributed by atoms with Crippen LogP contribution in [0.2, 0.25) is 5.02 Å². The zero-order chi connectivity index (χ0) is 34.5. The number of benzene rings is 4. The molecular weight excluding hydrogens is 694 g/mol. The molecule has 1 aliphatic heterocycles. The van der Waals surface area contributed by atoms with E-state index in [0.29, 0.717) is 34.7 Å². The third kappa shape index (κ3) is 7.80. The largest absolute Gasteiger partial charge is 0.497 e. The molecule has 14 heteroatoms. The van der Waals surface area contributed by atoms with Gasteiger partial charge in [-0.1, -0.05) is 54.1 Å². The molecular formula is C35H33ClF2N4O5S2. The normalized spacial score (nSPS) is 16.4. The highest BCUT2D eigenvalue weighted by molar-refractivity contribution is 7.93. The Kier molecular flexibility index (Phi) is 10.6. The highest BCUT2D eigenvalue weighted by Gasteiger charge is 2.36. The van der Waals surface area contributed by atoms with E-state index in [1.165, 1.54) is 20.5 Å². The molecule has 6 rings (SSSR count). The van der Waals surface area contributed by atoms with Crippen LogP contribution in [0.4, 0.5) is 13.9 Å². The van der Waals surface area contributed by atoms with Crippen LogP contribution in [-0.2, 0) is 23.1 Å². The standard InChI is InChI=1S/C35H33ClF2N4O5S2/c1-45-28-13-10-25(32(14-28)46-2)19-42(35-39-22-40-48-35)49(43,44)34-16-30(37)33(15-31(34)38)47-21-26-18-41(17-23-6-4-3-5-7-23)20-29(26)24-8-11-27(36)12-9-24/h3-16,22,26,29H,17-21H2,1-2H3/t26-,29-/m1/s1. The van der Waals surface area contributed by atoms with Crippen molar-refractivity contribution in [3.63, 3.8) is 0 Å². The molecule has 49 heavy (non-hydrogen) atoms. The number of methoxy groups -OCH3 is 2. The van der Waals surface area contributed by atoms with E-state index in [1.54, 1.807) is 18.2 Å². The summed E-state index contributed by atoms with van der Waals surface area (Å²) >= 11 is 6.94. The first-order chi connectivity index (χ1) is 23.7. The van der Waals surface area contributed by atoms with E-state index >= 15 is 8.78 Å². The first-order valence-electron chi connectivity index (χ1n) is 15.3. The Hall–Kier alpha value is -4.30. The molecule has 5 aromatic rings. The van der Waals surface area contributed by atoms with Crippen LogP contribution in [0.3, 0.4) is 0 Å². The Morgan fingerprint density at radius 3 is 2.41 bits per heavy atom. The van der Waals surface area contributed by atoms with E-state index in [4.69, 9.17) is 25.8 Å². The Morgan fingerprint density at radius 1 is 0.939 bits per heavy atom. The summed E-state index contributed by atoms with van der Waals surface area (Å²) in [6.45, 7) is 1.90. The van der Waals surface area contributed by atoms with Crippen molar-refractivity contribution in [2.45, 2.75) is 23.9 Å². The van der Waals surface area contributed by atoms with Crippen molar-refractivity contribution in [1.29, 1.82) is 0 Å². The minimum atomic E-state index is -4.68. The Morgan fingerprint density at radius 2 is 1.71 bits per heavy atom. The predicted molar refractivity (Wildman–Crippen MR) is 184 cm³/mol. The van der Waals surface area contributed by atoms with Gasteiger partial charge in [0.25, 0.3) is 10.0 Å². The van der Waals surface area contributed by atoms with Crippen LogP contribution >= 0.6 is 23.1 Å². The second-order valence-corrected chi connectivity index (χ2v) is 14.6. The Bertz CT molecular complexity index is 1990. The van der Waals surface area contributed by atoms with Gasteiger partial charge in [0.2, 0.25) is 5.13 Å². The third-order valence-corrected chi connectivity index (χ3v) is 11.2. The number of hydrogen-bond acceptors (Lipinski definition) is 9. The summed E-state index contributed by atoms with van der Waals surface area (Å²) in [6.07, 6.45) is 1.18. The van der Waals surface area contributed by atoms with Crippen LogP contribution in [0.25, 0.3) is 0 Å². The van der Waals surface area contributed by atoms with Gasteiger partial charge < -0.3 is 14.2 Å². The second kappa shape index (κ2) is 15.1. The molecule has 1 aromatic heterocycles. The predicted octanol–water partition coefficient (Wildman–Crippen LogP) is 7.18. The van der Waals surface area contributed by atoms with Gasteiger partial charge in [0, 0.05) is 71.8 Å². The van der Waals surface area contributed by atoms with Crippen LogP contribution in [0, 0.1) is 17.6 Å². The zero-order valence-electron chi connectivity index (χ0n) is 26.6. The van der Waals surface area contributed by atoms with Gasteiger partial charge in [-0.2, -0.15) is 4.37 Å². The smallest absolute Gasteiger partial charge is 0.269 e. The Labute approximate surface area is 292 Å². The number of halogens is 3. The van der Waals surface area contributed by atoms with E-state index in [9.17, 15) is 8.42 Å². The fraction of sp³-hybridized carbons (Fsp3) is 0.257. The quantitative estimate of drug-likeness (QED) is 0.126. The lowest BCUT2D eigenvalue weighted by Gasteiger charge is -2.23. The maximum atomic E-state index is 15.7. The van der Waals surface area contributed by atoms with Crippen molar-refractivity contribution in [1.82, 2.24) is 14.3 Å². The average molecular weight is 727 g/mol. The van der Waals surface area contributed by atoms with Gasteiger partial charge in [-0.3, -0.25) is 4.90 Å². The van der Waals surface area contributed by atoms with Gasteiger partial charge in [0.15, 0.2) is 11.6 Å². The number of likely N-dealkylation sites (tertiary alicyclic amines) is 1. The molecule has 0 amide bonds. The van der Waals surface area contributed by atoms with Gasteiger partial charge in [-0.05, 0) is 35.4 Å². The summed E-state index contributed by atoms with van der Waals surface area (Å²) in [5.74, 6) is -1.75. The zero-order valence-corrected chi connectivity index (χ0v) is 29.0. The maximum absolute atomic E-state index is 15.7. The SMILES string of the molecule is COc1ccc(CN(c2ncns2)S(=O)(=O)c2cc(F)c(OC[C@H]3CN(Cc4ccccc4)C[C@@H]3c3ccc(Cl)cc3)cc2F)c(OC)c1. The van der Waals surface area contributed by atoms with Gasteiger partial charge in [-0.25, -0.2) is 26.5 Å². The number of anilines is 1. The summed E-state index contributed by atoms with van der Waals surface area (Å²) in [4.78, 5) is 5.48. The van der Waals surface area contributed by atoms with E-state index in [0.717, 1.165) is 46.1 Å². The van der Waals surface area contributed by atoms with Crippen molar-refractivity contribution < 1.29 is 31.4 Å². The lowest BCUT2D eigenvalue weighted by Crippen LogP contribution is -2.31. The fourth-order valence-electron chi connectivity index (χ4n) is 5.99. The van der Waals surface area contributed by atoms with E-state index in [2.05, 4.69) is 26.4 Å². The first kappa shape index (κ1) is 34.6. The number of hydrogen-bond donors (Lipinski definition) is 0. The average Bonchev–Trinajstić information content (AvgIpc) is 3.78. The molecule has 9 nitrogen and oxygen atoms in total. The van der Waals surface area contributed by atoms with E-state index < -0.39 is 26.6 Å². The minimum Gasteiger partial charge on any atom is -0.497 e. The number of nitrogens with zero attached hydrogens (tertiary/aromatic N) is 4. The summed E-state index contributed by atoms with van der Waals surface area (Å²) in [5.41, 5.74) is 2.67. The molecule has 0 saturated carbocycles. The molecule has 0 radical (unpaired) electrons. The highest BCUT2D eigenvalue weighted by atomic mass is 35.5. The lowest BCUT2D eigenvalue weighted by molar-refractivity contribution is 0.224. The topological polar surface area (TPSA) is 94.1 Å². The summed E-state index contributed by atoms with van der Waals surface area (Å²) in [7, 11) is -1.76. The summed E-state index contributed by atoms with van der Waals surface area (Å²) < 4.78 is 80.7. The van der Waals surface area contributed by atoms with Crippen molar-refractivity contribution in [3.8, 4) is 17.2 Å². The van der Waals surface area contributed by atoms with Crippen LogP contribution in [0.1, 0.15) is 22.6 Å². The molecule has 256 valence electrons. The summed E-state index contributed by atoms with van der Waals surface area (Å²) in [6, 6.07) is 24.0. The molecule has 0 aliphatic carbocycles. The monoisotopic (exact) mass is 726 g/mol. The molecule has 1 saturated heterocycles. The third-order valence-electron chi connectivity index (χ3n) is 8.44. The first-order valence-corrected chi connectivity index (χ1v) is 17.9. The van der Waals surface area contributed by atoms with Crippen LogP contribution in [0.15, 0.2) is 96.2 Å². The molecule has 1 fully saturated rings. The highest BCUT2D eigenvalue weighted by Crippen LogP contribution is 2.37. The van der Waals surface area contributed by atoms with Gasteiger partial charge in [-0.15, -0.1) is 0 Å². The maximum Gasteiger partial charge on any atom is 0.269 e. The molecule has 0 N–H and O–H groups in total. The molecule has 0 bridgehead atoms. The molecule has 2 heterocycles. The number of rotatable bonds is 13. The fourth-order valence-corrected chi connectivity index (χ4v) is 8.31. The number of sulfonamides is 1. The van der Waals surface area contributed by atoms with Crippen molar-refractivity contribution in [2.75, 3.05) is 38.2 Å². The van der Waals surface area contributed by atoms with Crippen LogP contribution in [0.5, 0.6) is 17.2 Å².